The number of imide groups is 1. The number of nitrogens with zero attached hydrogens (tertiary/aromatic N) is 2. The first-order valence-corrected chi connectivity index (χ1v) is 20.6. The molecule has 5 amide bonds. The Morgan fingerprint density at radius 3 is 1.43 bits per heavy atom. The lowest BCUT2D eigenvalue weighted by atomic mass is 10.0. The van der Waals surface area contributed by atoms with Crippen LogP contribution in [0.15, 0.2) is 60.7 Å². The fraction of sp³-hybridized carbons (Fsp3) is 0.523. The SMILES string of the molecule is O=C(CCC(=O)N1Cc2ccccc2C#Cc2ccccc21)NCCOCCOCCOCCOCCOCCOCCOCCOCCNC(=O)CCN1C(=O)C=CC1=O. The molecule has 0 fully saturated rings. The number of rotatable bonds is 33. The summed E-state index contributed by atoms with van der Waals surface area (Å²) < 4.78 is 43.8. The van der Waals surface area contributed by atoms with Crippen LogP contribution in [0.2, 0.25) is 0 Å². The molecule has 2 aromatic rings. The van der Waals surface area contributed by atoms with E-state index in [0.717, 1.165) is 27.3 Å². The van der Waals surface area contributed by atoms with Gasteiger partial charge < -0.3 is 53.4 Å². The van der Waals surface area contributed by atoms with Gasteiger partial charge in [-0.1, -0.05) is 42.2 Å². The maximum atomic E-state index is 13.3. The molecule has 0 radical (unpaired) electrons. The lowest BCUT2D eigenvalue weighted by Gasteiger charge is -2.26. The molecular formula is C44H58N4O13. The summed E-state index contributed by atoms with van der Waals surface area (Å²) in [6.45, 7) is 7.66. The predicted octanol–water partition coefficient (Wildman–Crippen LogP) is 1.39. The Balaban J connectivity index is 0.829. The minimum absolute atomic E-state index is 0.0435. The molecular weight excluding hydrogens is 792 g/mol. The van der Waals surface area contributed by atoms with Crippen molar-refractivity contribution >= 4 is 35.2 Å². The smallest absolute Gasteiger partial charge is 0.253 e. The molecule has 2 N–H and O–H groups in total. The van der Waals surface area contributed by atoms with Crippen molar-refractivity contribution in [3.63, 3.8) is 0 Å². The number of para-hydroxylation sites is 1. The summed E-state index contributed by atoms with van der Waals surface area (Å²) in [6, 6.07) is 15.3. The molecule has 2 aliphatic rings. The number of hydrogen-bond acceptors (Lipinski definition) is 13. The average Bonchev–Trinajstić information content (AvgIpc) is 3.59. The van der Waals surface area contributed by atoms with Gasteiger partial charge >= 0.3 is 0 Å². The number of hydrogen-bond donors (Lipinski definition) is 2. The number of carbonyl (C=O) groups excluding carboxylic acids is 5. The maximum absolute atomic E-state index is 13.3. The molecule has 2 aliphatic heterocycles. The number of fused-ring (bicyclic) bond motifs is 2. The number of nitrogens with one attached hydrogen (secondary N) is 2. The van der Waals surface area contributed by atoms with Gasteiger partial charge in [0.1, 0.15) is 0 Å². The summed E-state index contributed by atoms with van der Waals surface area (Å²) in [4.78, 5) is 63.2. The lowest BCUT2D eigenvalue weighted by molar-refractivity contribution is -0.137. The fourth-order valence-electron chi connectivity index (χ4n) is 5.77. The first kappa shape index (κ1) is 48.6. The van der Waals surface area contributed by atoms with Crippen LogP contribution in [-0.4, -0.2) is 160 Å². The molecule has 0 aliphatic carbocycles. The zero-order valence-electron chi connectivity index (χ0n) is 34.7. The van der Waals surface area contributed by atoms with E-state index in [1.807, 2.05) is 48.5 Å². The molecule has 61 heavy (non-hydrogen) atoms. The van der Waals surface area contributed by atoms with Gasteiger partial charge in [-0.25, -0.2) is 0 Å². The van der Waals surface area contributed by atoms with Crippen molar-refractivity contribution in [1.82, 2.24) is 15.5 Å². The van der Waals surface area contributed by atoms with Gasteiger partial charge in [0.15, 0.2) is 0 Å². The summed E-state index contributed by atoms with van der Waals surface area (Å²) in [5.41, 5.74) is 3.38. The first-order chi connectivity index (χ1) is 29.9. The normalized spacial score (nSPS) is 13.0. The monoisotopic (exact) mass is 850 g/mol. The van der Waals surface area contributed by atoms with E-state index in [1.54, 1.807) is 4.90 Å². The van der Waals surface area contributed by atoms with Crippen LogP contribution in [0.5, 0.6) is 0 Å². The van der Waals surface area contributed by atoms with Gasteiger partial charge in [-0.3, -0.25) is 28.9 Å². The molecule has 0 spiro atoms. The van der Waals surface area contributed by atoms with Crippen LogP contribution in [0.1, 0.15) is 36.0 Å². The van der Waals surface area contributed by atoms with E-state index in [4.69, 9.17) is 37.9 Å². The number of ether oxygens (including phenoxy) is 8. The third-order valence-corrected chi connectivity index (χ3v) is 8.94. The van der Waals surface area contributed by atoms with Crippen LogP contribution in [0.4, 0.5) is 5.69 Å². The Kier molecular flexibility index (Phi) is 24.0. The topological polar surface area (TPSA) is 190 Å². The standard InChI is InChI=1S/C44H58N4O13/c49-40(11-12-44(53)48-35-38-7-2-1-5-36(38)9-10-37-6-3-4-8-39(37)48)45-16-19-54-21-23-56-25-27-58-29-31-60-33-34-61-32-30-59-28-26-57-24-22-55-20-17-46-41(50)15-18-47-42(51)13-14-43(47)52/h1-8,13-14H,11-12,15-35H2,(H,45,49)(H,46,50). The maximum Gasteiger partial charge on any atom is 0.253 e. The van der Waals surface area contributed by atoms with Crippen molar-refractivity contribution in [2.75, 3.05) is 130 Å². The predicted molar refractivity (Wildman–Crippen MR) is 222 cm³/mol. The highest BCUT2D eigenvalue weighted by Crippen LogP contribution is 2.26. The molecule has 2 heterocycles. The van der Waals surface area contributed by atoms with Gasteiger partial charge in [0.05, 0.1) is 118 Å². The third-order valence-electron chi connectivity index (χ3n) is 8.94. The molecule has 17 nitrogen and oxygen atoms in total. The van der Waals surface area contributed by atoms with Crippen molar-refractivity contribution in [3.8, 4) is 11.8 Å². The molecule has 0 atom stereocenters. The quantitative estimate of drug-likeness (QED) is 0.0597. The Morgan fingerprint density at radius 2 is 0.918 bits per heavy atom. The van der Waals surface area contributed by atoms with E-state index in [0.29, 0.717) is 125 Å². The fourth-order valence-corrected chi connectivity index (χ4v) is 5.77. The van der Waals surface area contributed by atoms with Gasteiger partial charge in [-0.15, -0.1) is 0 Å². The van der Waals surface area contributed by atoms with Crippen LogP contribution in [0.25, 0.3) is 0 Å². The summed E-state index contributed by atoms with van der Waals surface area (Å²) >= 11 is 0. The van der Waals surface area contributed by atoms with Crippen LogP contribution in [0, 0.1) is 11.8 Å². The van der Waals surface area contributed by atoms with E-state index in [2.05, 4.69) is 22.5 Å². The Hall–Kier alpha value is -5.03. The van der Waals surface area contributed by atoms with Crippen LogP contribution < -0.4 is 15.5 Å². The lowest BCUT2D eigenvalue weighted by Crippen LogP contribution is -2.35. The Labute approximate surface area is 357 Å². The highest BCUT2D eigenvalue weighted by atomic mass is 16.6. The van der Waals surface area contributed by atoms with Gasteiger partial charge in [0, 0.05) is 62.2 Å². The molecule has 0 saturated carbocycles. The summed E-state index contributed by atoms with van der Waals surface area (Å²) in [5, 5.41) is 5.48. The summed E-state index contributed by atoms with van der Waals surface area (Å²) in [7, 11) is 0. The van der Waals surface area contributed by atoms with E-state index >= 15 is 0 Å². The van der Waals surface area contributed by atoms with Crippen molar-refractivity contribution in [3.05, 3.63) is 77.4 Å². The molecule has 2 aromatic carbocycles. The highest BCUT2D eigenvalue weighted by Gasteiger charge is 2.24. The highest BCUT2D eigenvalue weighted by molar-refractivity contribution is 6.13. The third kappa shape index (κ3) is 19.9. The molecule has 17 heteroatoms. The Morgan fingerprint density at radius 1 is 0.508 bits per heavy atom. The molecule has 0 saturated heterocycles. The van der Waals surface area contributed by atoms with E-state index in [-0.39, 0.29) is 43.5 Å². The second kappa shape index (κ2) is 30.1. The van der Waals surface area contributed by atoms with Crippen molar-refractivity contribution in [2.45, 2.75) is 25.8 Å². The molecule has 332 valence electrons. The summed E-state index contributed by atoms with van der Waals surface area (Å²) in [6.07, 6.45) is 2.58. The van der Waals surface area contributed by atoms with Crippen molar-refractivity contribution in [2.24, 2.45) is 0 Å². The minimum Gasteiger partial charge on any atom is -0.377 e. The largest absolute Gasteiger partial charge is 0.377 e. The van der Waals surface area contributed by atoms with Gasteiger partial charge in [-0.05, 0) is 23.8 Å². The van der Waals surface area contributed by atoms with Gasteiger partial charge in [0.2, 0.25) is 17.7 Å². The number of anilines is 1. The molecule has 0 bridgehead atoms. The van der Waals surface area contributed by atoms with Gasteiger partial charge in [-0.2, -0.15) is 0 Å². The van der Waals surface area contributed by atoms with E-state index < -0.39 is 11.8 Å². The molecule has 0 unspecified atom stereocenters. The van der Waals surface area contributed by atoms with Crippen LogP contribution in [-0.2, 0) is 68.4 Å². The van der Waals surface area contributed by atoms with E-state index in [1.165, 1.54) is 12.2 Å². The second-order valence-corrected chi connectivity index (χ2v) is 13.4. The second-order valence-electron chi connectivity index (χ2n) is 13.4. The van der Waals surface area contributed by atoms with Crippen LogP contribution in [0.3, 0.4) is 0 Å². The number of amides is 5. The van der Waals surface area contributed by atoms with Crippen molar-refractivity contribution < 1.29 is 61.9 Å². The summed E-state index contributed by atoms with van der Waals surface area (Å²) in [5.74, 6) is 4.98. The zero-order valence-corrected chi connectivity index (χ0v) is 34.7. The Bertz CT molecular complexity index is 1740. The van der Waals surface area contributed by atoms with Crippen LogP contribution >= 0.6 is 0 Å². The van der Waals surface area contributed by atoms with Gasteiger partial charge in [0.25, 0.3) is 11.8 Å². The number of carbonyl (C=O) groups is 5. The zero-order chi connectivity index (χ0) is 43.2. The van der Waals surface area contributed by atoms with E-state index in [9.17, 15) is 24.0 Å². The molecule has 0 aromatic heterocycles. The molecule has 4 rings (SSSR count). The minimum atomic E-state index is -0.403. The first-order valence-electron chi connectivity index (χ1n) is 20.6. The average molecular weight is 851 g/mol. The van der Waals surface area contributed by atoms with Crippen molar-refractivity contribution in [1.29, 1.82) is 0 Å². The number of benzene rings is 2.